The van der Waals surface area contributed by atoms with Crippen LogP contribution < -0.4 is 0 Å². The Morgan fingerprint density at radius 3 is 2.44 bits per heavy atom. The van der Waals surface area contributed by atoms with E-state index >= 15 is 0 Å². The van der Waals surface area contributed by atoms with E-state index in [0.29, 0.717) is 19.6 Å². The van der Waals surface area contributed by atoms with Crippen molar-refractivity contribution in [2.75, 3.05) is 13.2 Å². The molecular formula is C13H16O3. The van der Waals surface area contributed by atoms with Crippen molar-refractivity contribution in [1.82, 2.24) is 0 Å². The largest absolute Gasteiger partial charge is 0.481 e. The van der Waals surface area contributed by atoms with Crippen LogP contribution in [-0.2, 0) is 14.9 Å². The molecule has 0 radical (unpaired) electrons. The third-order valence-corrected chi connectivity index (χ3v) is 3.24. The van der Waals surface area contributed by atoms with Gasteiger partial charge in [0.1, 0.15) is 0 Å². The van der Waals surface area contributed by atoms with Crippen molar-refractivity contribution in [2.24, 2.45) is 0 Å². The van der Waals surface area contributed by atoms with Crippen LogP contribution in [0.25, 0.3) is 0 Å². The third kappa shape index (κ3) is 2.09. The van der Waals surface area contributed by atoms with Crippen molar-refractivity contribution in [3.8, 4) is 0 Å². The van der Waals surface area contributed by atoms with Gasteiger partial charge in [0.05, 0.1) is 13.2 Å². The van der Waals surface area contributed by atoms with E-state index in [1.54, 1.807) is 0 Å². The predicted molar refractivity (Wildman–Crippen MR) is 60.5 cm³/mol. The van der Waals surface area contributed by atoms with Gasteiger partial charge < -0.3 is 9.84 Å². The highest BCUT2D eigenvalue weighted by Gasteiger charge is 2.40. The highest BCUT2D eigenvalue weighted by atomic mass is 16.5. The van der Waals surface area contributed by atoms with E-state index in [1.165, 1.54) is 11.1 Å². The summed E-state index contributed by atoms with van der Waals surface area (Å²) in [5, 5.41) is 8.75. The molecule has 0 saturated carbocycles. The molecule has 0 aliphatic carbocycles. The Kier molecular flexibility index (Phi) is 2.97. The molecule has 0 bridgehead atoms. The first-order valence-corrected chi connectivity index (χ1v) is 5.49. The normalized spacial score (nSPS) is 17.8. The van der Waals surface area contributed by atoms with Crippen LogP contribution in [0.15, 0.2) is 24.3 Å². The first-order chi connectivity index (χ1) is 7.62. The lowest BCUT2D eigenvalue weighted by atomic mass is 9.75. The highest BCUT2D eigenvalue weighted by molar-refractivity contribution is 5.67. The van der Waals surface area contributed by atoms with Gasteiger partial charge in [-0.2, -0.15) is 0 Å². The smallest absolute Gasteiger partial charge is 0.303 e. The maximum Gasteiger partial charge on any atom is 0.303 e. The summed E-state index contributed by atoms with van der Waals surface area (Å²) in [6, 6.07) is 8.30. The third-order valence-electron chi connectivity index (χ3n) is 3.24. The lowest BCUT2D eigenvalue weighted by Gasteiger charge is -2.42. The predicted octanol–water partition coefficient (Wildman–Crippen LogP) is 2.13. The van der Waals surface area contributed by atoms with E-state index in [-0.39, 0.29) is 11.8 Å². The molecule has 86 valence electrons. The summed E-state index contributed by atoms with van der Waals surface area (Å²) in [5.74, 6) is -0.738. The molecule has 0 unspecified atom stereocenters. The molecule has 1 aliphatic rings. The minimum Gasteiger partial charge on any atom is -0.481 e. The Morgan fingerprint density at radius 1 is 1.38 bits per heavy atom. The van der Waals surface area contributed by atoms with Crippen LogP contribution in [0.4, 0.5) is 0 Å². The van der Waals surface area contributed by atoms with E-state index < -0.39 is 5.97 Å². The van der Waals surface area contributed by atoms with E-state index in [1.807, 2.05) is 6.92 Å². The van der Waals surface area contributed by atoms with Crippen molar-refractivity contribution < 1.29 is 14.6 Å². The molecule has 1 saturated heterocycles. The molecule has 1 N–H and O–H groups in total. The van der Waals surface area contributed by atoms with Gasteiger partial charge in [0.15, 0.2) is 0 Å². The molecule has 16 heavy (non-hydrogen) atoms. The van der Waals surface area contributed by atoms with E-state index in [9.17, 15) is 4.79 Å². The Balaban J connectivity index is 2.14. The molecule has 1 aromatic carbocycles. The van der Waals surface area contributed by atoms with Gasteiger partial charge in [0, 0.05) is 11.8 Å². The summed E-state index contributed by atoms with van der Waals surface area (Å²) >= 11 is 0. The van der Waals surface area contributed by atoms with Gasteiger partial charge in [0.2, 0.25) is 0 Å². The summed E-state index contributed by atoms with van der Waals surface area (Å²) in [6.07, 6.45) is 0.864. The zero-order valence-electron chi connectivity index (χ0n) is 9.40. The van der Waals surface area contributed by atoms with Crippen molar-refractivity contribution in [1.29, 1.82) is 0 Å². The highest BCUT2D eigenvalue weighted by Crippen LogP contribution is 2.36. The number of carbonyl (C=O) groups is 1. The molecule has 1 fully saturated rings. The molecule has 0 aromatic heterocycles. The van der Waals surface area contributed by atoms with Crippen LogP contribution in [0, 0.1) is 6.92 Å². The zero-order chi connectivity index (χ0) is 11.6. The van der Waals surface area contributed by atoms with Crippen LogP contribution >= 0.6 is 0 Å². The number of benzene rings is 1. The van der Waals surface area contributed by atoms with Gasteiger partial charge in [0.25, 0.3) is 0 Å². The quantitative estimate of drug-likeness (QED) is 0.845. The Morgan fingerprint density at radius 2 is 2.00 bits per heavy atom. The minimum atomic E-state index is -0.738. The summed E-state index contributed by atoms with van der Waals surface area (Å²) in [7, 11) is 0. The maximum atomic E-state index is 10.6. The number of hydrogen-bond acceptors (Lipinski definition) is 2. The SMILES string of the molecule is Cc1ccc(C2(CCC(=O)O)COC2)cc1. The van der Waals surface area contributed by atoms with Gasteiger partial charge in [-0.1, -0.05) is 29.8 Å². The van der Waals surface area contributed by atoms with Crippen LogP contribution in [0.2, 0.25) is 0 Å². The van der Waals surface area contributed by atoms with Crippen molar-refractivity contribution in [3.05, 3.63) is 35.4 Å². The average Bonchev–Trinajstić information content (AvgIpc) is 2.18. The number of aliphatic carboxylic acids is 1. The molecule has 1 aromatic rings. The fourth-order valence-corrected chi connectivity index (χ4v) is 2.06. The number of hydrogen-bond donors (Lipinski definition) is 1. The maximum absolute atomic E-state index is 10.6. The van der Waals surface area contributed by atoms with Crippen LogP contribution in [0.5, 0.6) is 0 Å². The van der Waals surface area contributed by atoms with Gasteiger partial charge in [-0.15, -0.1) is 0 Å². The van der Waals surface area contributed by atoms with Crippen molar-refractivity contribution in [3.63, 3.8) is 0 Å². The van der Waals surface area contributed by atoms with Crippen molar-refractivity contribution in [2.45, 2.75) is 25.2 Å². The number of aryl methyl sites for hydroxylation is 1. The van der Waals surface area contributed by atoms with Gasteiger partial charge in [-0.3, -0.25) is 4.79 Å². The summed E-state index contributed by atoms with van der Waals surface area (Å²) in [4.78, 5) is 10.6. The second kappa shape index (κ2) is 4.26. The number of carboxylic acid groups (broad SMARTS) is 1. The first-order valence-electron chi connectivity index (χ1n) is 5.49. The number of rotatable bonds is 4. The van der Waals surface area contributed by atoms with E-state index in [0.717, 1.165) is 0 Å². The molecule has 0 atom stereocenters. The molecular weight excluding hydrogens is 204 g/mol. The minimum absolute atomic E-state index is 0.0634. The Hall–Kier alpha value is -1.35. The molecule has 1 aliphatic heterocycles. The molecule has 3 nitrogen and oxygen atoms in total. The fourth-order valence-electron chi connectivity index (χ4n) is 2.06. The molecule has 2 rings (SSSR count). The van der Waals surface area contributed by atoms with Crippen LogP contribution in [0.3, 0.4) is 0 Å². The molecule has 0 amide bonds. The monoisotopic (exact) mass is 220 g/mol. The standard InChI is InChI=1S/C13H16O3/c1-10-2-4-11(5-3-10)13(8-16-9-13)7-6-12(14)15/h2-5H,6-9H2,1H3,(H,14,15). The summed E-state index contributed by atoms with van der Waals surface area (Å²) in [6.45, 7) is 3.33. The molecule has 0 spiro atoms. The zero-order valence-corrected chi connectivity index (χ0v) is 9.40. The summed E-state index contributed by atoms with van der Waals surface area (Å²) in [5.41, 5.74) is 2.36. The Labute approximate surface area is 95.0 Å². The second-order valence-corrected chi connectivity index (χ2v) is 4.53. The Bertz CT molecular complexity index is 377. The second-order valence-electron chi connectivity index (χ2n) is 4.53. The number of carboxylic acids is 1. The molecule has 1 heterocycles. The number of ether oxygens (including phenoxy) is 1. The summed E-state index contributed by atoms with van der Waals surface area (Å²) < 4.78 is 5.26. The van der Waals surface area contributed by atoms with E-state index in [4.69, 9.17) is 9.84 Å². The van der Waals surface area contributed by atoms with Crippen molar-refractivity contribution >= 4 is 5.97 Å². The van der Waals surface area contributed by atoms with Gasteiger partial charge in [-0.05, 0) is 18.9 Å². The average molecular weight is 220 g/mol. The lowest BCUT2D eigenvalue weighted by molar-refractivity contribution is -0.139. The van der Waals surface area contributed by atoms with Crippen LogP contribution in [0.1, 0.15) is 24.0 Å². The lowest BCUT2D eigenvalue weighted by Crippen LogP contribution is -2.47. The van der Waals surface area contributed by atoms with Gasteiger partial charge >= 0.3 is 5.97 Å². The first kappa shape index (κ1) is 11.1. The topological polar surface area (TPSA) is 46.5 Å². The molecule has 3 heteroatoms. The fraction of sp³-hybridized carbons (Fsp3) is 0.462. The van der Waals surface area contributed by atoms with Crippen LogP contribution in [-0.4, -0.2) is 24.3 Å². The van der Waals surface area contributed by atoms with E-state index in [2.05, 4.69) is 24.3 Å². The van der Waals surface area contributed by atoms with Gasteiger partial charge in [-0.25, -0.2) is 0 Å².